The van der Waals surface area contributed by atoms with E-state index in [2.05, 4.69) is 5.32 Å². The van der Waals surface area contributed by atoms with Crippen LogP contribution in [0.4, 0.5) is 20.2 Å². The normalized spacial score (nSPS) is 17.5. The van der Waals surface area contributed by atoms with Crippen molar-refractivity contribution >= 4 is 17.3 Å². The molecule has 0 aromatic heterocycles. The molecule has 0 saturated carbocycles. The highest BCUT2D eigenvalue weighted by Crippen LogP contribution is 2.41. The highest BCUT2D eigenvalue weighted by atomic mass is 19.1. The number of benzene rings is 2. The number of carbonyl (C=O) groups excluding carboxylic acids is 1. The van der Waals surface area contributed by atoms with E-state index in [-0.39, 0.29) is 17.5 Å². The molecule has 3 nitrogen and oxygen atoms in total. The minimum atomic E-state index is -0.0557. The summed E-state index contributed by atoms with van der Waals surface area (Å²) in [6.45, 7) is 1.52. The highest BCUT2D eigenvalue weighted by molar-refractivity contribution is 5.91. The largest absolute Gasteiger partial charge is 0.398 e. The summed E-state index contributed by atoms with van der Waals surface area (Å²) in [4.78, 5) is 11.3. The molecule has 0 unspecified atom stereocenters. The van der Waals surface area contributed by atoms with Crippen molar-refractivity contribution < 1.29 is 13.6 Å². The van der Waals surface area contributed by atoms with Crippen molar-refractivity contribution in [2.24, 2.45) is 0 Å². The first-order valence-corrected chi connectivity index (χ1v) is 11.7. The molecular weight excluding hydrogens is 394 g/mol. The molecule has 0 aliphatic heterocycles. The first kappa shape index (κ1) is 20.5. The molecule has 2 aromatic rings. The Labute approximate surface area is 182 Å². The van der Waals surface area contributed by atoms with Gasteiger partial charge in [-0.3, -0.25) is 4.79 Å². The van der Waals surface area contributed by atoms with Crippen LogP contribution in [0.3, 0.4) is 0 Å². The minimum Gasteiger partial charge on any atom is -0.398 e. The predicted molar refractivity (Wildman–Crippen MR) is 120 cm³/mol. The van der Waals surface area contributed by atoms with Crippen LogP contribution in [-0.2, 0) is 56.2 Å². The van der Waals surface area contributed by atoms with E-state index >= 15 is 0 Å². The summed E-state index contributed by atoms with van der Waals surface area (Å²) in [5, 5.41) is 2.93. The van der Waals surface area contributed by atoms with Crippen LogP contribution < -0.4 is 11.1 Å². The zero-order valence-corrected chi connectivity index (χ0v) is 18.2. The van der Waals surface area contributed by atoms with Crippen molar-refractivity contribution in [2.45, 2.75) is 84.0 Å². The Morgan fingerprint density at radius 3 is 1.35 bits per heavy atom. The third kappa shape index (κ3) is 3.33. The molecule has 5 heteroatoms. The molecule has 0 saturated heterocycles. The van der Waals surface area contributed by atoms with Gasteiger partial charge < -0.3 is 11.1 Å². The van der Waals surface area contributed by atoms with E-state index in [1.165, 1.54) is 6.92 Å². The summed E-state index contributed by atoms with van der Waals surface area (Å²) in [6.07, 6.45) is 11.3. The number of fused-ring (bicyclic) bond motifs is 4. The predicted octanol–water partition coefficient (Wildman–Crippen LogP) is 5.15. The second-order valence-electron chi connectivity index (χ2n) is 9.34. The number of nitrogens with two attached hydrogens (primary N) is 1. The average molecular weight is 425 g/mol. The topological polar surface area (TPSA) is 55.1 Å². The van der Waals surface area contributed by atoms with Crippen LogP contribution in [0.1, 0.15) is 77.1 Å². The minimum absolute atomic E-state index is 0.0131. The van der Waals surface area contributed by atoms with Gasteiger partial charge in [0, 0.05) is 18.3 Å². The smallest absolute Gasteiger partial charge is 0.221 e. The maximum Gasteiger partial charge on any atom is 0.221 e. The fourth-order valence-electron chi connectivity index (χ4n) is 6.15. The van der Waals surface area contributed by atoms with Crippen molar-refractivity contribution in [1.82, 2.24) is 0 Å². The molecular formula is C26H30F2N2O. The van der Waals surface area contributed by atoms with E-state index in [0.717, 1.165) is 133 Å². The quantitative estimate of drug-likeness (QED) is 0.623. The average Bonchev–Trinajstić information content (AvgIpc) is 3.55. The Morgan fingerprint density at radius 1 is 0.645 bits per heavy atom. The van der Waals surface area contributed by atoms with Gasteiger partial charge in [0.15, 0.2) is 0 Å². The SMILES string of the molecule is CC(=O)Nc1c2c(c(F)c3c1CCC3)CCC2.Nc1c2c(c(F)c3c1CCC3)CCC2. The second kappa shape index (κ2) is 7.92. The lowest BCUT2D eigenvalue weighted by atomic mass is 9.97. The molecule has 0 spiro atoms. The molecule has 164 valence electrons. The van der Waals surface area contributed by atoms with Crippen molar-refractivity contribution in [2.75, 3.05) is 11.1 Å². The van der Waals surface area contributed by atoms with Crippen molar-refractivity contribution in [3.63, 3.8) is 0 Å². The summed E-state index contributed by atoms with van der Waals surface area (Å²) in [5.41, 5.74) is 15.8. The van der Waals surface area contributed by atoms with Gasteiger partial charge in [0.25, 0.3) is 0 Å². The number of hydrogen-bond acceptors (Lipinski definition) is 2. The van der Waals surface area contributed by atoms with Crippen LogP contribution in [0, 0.1) is 11.6 Å². The number of amides is 1. The molecule has 4 aliphatic rings. The standard InChI is InChI=1S/C14H16FNO.C12H14FN/c1-8(17)16-14-11-6-2-4-9(11)13(15)10-5-3-7-12(10)14;13-11-7-3-1-5-9(7)12(14)10-6-2-4-8(10)11/h2-7H2,1H3,(H,16,17);1-6,14H2. The van der Waals surface area contributed by atoms with Gasteiger partial charge in [-0.15, -0.1) is 0 Å². The number of carbonyl (C=O) groups is 1. The number of nitrogens with one attached hydrogen (secondary N) is 1. The molecule has 0 atom stereocenters. The van der Waals surface area contributed by atoms with Gasteiger partial charge in [-0.1, -0.05) is 0 Å². The van der Waals surface area contributed by atoms with Gasteiger partial charge in [0.2, 0.25) is 5.91 Å². The molecule has 3 N–H and O–H groups in total. The number of nitrogen functional groups attached to an aromatic ring is 1. The van der Waals surface area contributed by atoms with E-state index in [1.807, 2.05) is 0 Å². The van der Waals surface area contributed by atoms with Crippen LogP contribution >= 0.6 is 0 Å². The zero-order chi connectivity index (χ0) is 21.7. The first-order valence-electron chi connectivity index (χ1n) is 11.7. The summed E-state index contributed by atoms with van der Waals surface area (Å²) in [5.74, 6) is 0.0260. The van der Waals surface area contributed by atoms with E-state index < -0.39 is 0 Å². The number of hydrogen-bond donors (Lipinski definition) is 2. The van der Waals surface area contributed by atoms with Crippen molar-refractivity contribution in [3.05, 3.63) is 56.1 Å². The lowest BCUT2D eigenvalue weighted by Gasteiger charge is -2.16. The van der Waals surface area contributed by atoms with Crippen LogP contribution in [0.25, 0.3) is 0 Å². The summed E-state index contributed by atoms with van der Waals surface area (Å²) < 4.78 is 28.3. The Kier molecular flexibility index (Phi) is 5.23. The molecule has 0 radical (unpaired) electrons. The molecule has 0 bridgehead atoms. The van der Waals surface area contributed by atoms with Gasteiger partial charge in [-0.2, -0.15) is 0 Å². The van der Waals surface area contributed by atoms with Crippen LogP contribution in [0.15, 0.2) is 0 Å². The van der Waals surface area contributed by atoms with Crippen LogP contribution in [-0.4, -0.2) is 5.91 Å². The number of halogens is 2. The van der Waals surface area contributed by atoms with Gasteiger partial charge in [0.1, 0.15) is 11.6 Å². The van der Waals surface area contributed by atoms with Crippen LogP contribution in [0.2, 0.25) is 0 Å². The maximum absolute atomic E-state index is 14.3. The molecule has 31 heavy (non-hydrogen) atoms. The third-order valence-corrected chi connectivity index (χ3v) is 7.49. The summed E-state index contributed by atoms with van der Waals surface area (Å²) in [7, 11) is 0. The van der Waals surface area contributed by atoms with Gasteiger partial charge in [0.05, 0.1) is 0 Å². The van der Waals surface area contributed by atoms with E-state index in [4.69, 9.17) is 5.73 Å². The maximum atomic E-state index is 14.3. The molecule has 0 fully saturated rings. The number of rotatable bonds is 1. The van der Waals surface area contributed by atoms with Gasteiger partial charge >= 0.3 is 0 Å². The molecule has 6 rings (SSSR count). The highest BCUT2D eigenvalue weighted by Gasteiger charge is 2.29. The fraction of sp³-hybridized carbons (Fsp3) is 0.500. The van der Waals surface area contributed by atoms with E-state index in [1.54, 1.807) is 0 Å². The summed E-state index contributed by atoms with van der Waals surface area (Å²) >= 11 is 0. The van der Waals surface area contributed by atoms with Gasteiger partial charge in [-0.25, -0.2) is 8.78 Å². The number of anilines is 2. The Balaban J connectivity index is 0.000000134. The molecule has 0 heterocycles. The lowest BCUT2D eigenvalue weighted by Crippen LogP contribution is -2.12. The van der Waals surface area contributed by atoms with Gasteiger partial charge in [-0.05, 0) is 122 Å². The van der Waals surface area contributed by atoms with E-state index in [0.29, 0.717) is 0 Å². The fourth-order valence-corrected chi connectivity index (χ4v) is 6.15. The zero-order valence-electron chi connectivity index (χ0n) is 18.2. The molecule has 1 amide bonds. The lowest BCUT2D eigenvalue weighted by molar-refractivity contribution is -0.114. The van der Waals surface area contributed by atoms with E-state index in [9.17, 15) is 13.6 Å². The molecule has 4 aliphatic carbocycles. The van der Waals surface area contributed by atoms with Crippen LogP contribution in [0.5, 0.6) is 0 Å². The summed E-state index contributed by atoms with van der Waals surface area (Å²) in [6, 6.07) is 0. The third-order valence-electron chi connectivity index (χ3n) is 7.49. The Bertz CT molecular complexity index is 983. The Hall–Kier alpha value is -2.43. The first-order chi connectivity index (χ1) is 15.0. The van der Waals surface area contributed by atoms with Crippen molar-refractivity contribution in [1.29, 1.82) is 0 Å². The Morgan fingerprint density at radius 2 is 0.968 bits per heavy atom. The molecule has 2 aromatic carbocycles. The second-order valence-corrected chi connectivity index (χ2v) is 9.34. The van der Waals surface area contributed by atoms with Crippen molar-refractivity contribution in [3.8, 4) is 0 Å². The monoisotopic (exact) mass is 424 g/mol.